The number of rotatable bonds is 6. The molecule has 1 aromatic rings. The van der Waals surface area contributed by atoms with E-state index in [1.165, 1.54) is 0 Å². The van der Waals surface area contributed by atoms with Crippen LogP contribution >= 0.6 is 11.8 Å². The molecule has 1 aromatic carbocycles. The lowest BCUT2D eigenvalue weighted by Crippen LogP contribution is -2.44. The lowest BCUT2D eigenvalue weighted by molar-refractivity contribution is -0.119. The molecule has 2 unspecified atom stereocenters. The van der Waals surface area contributed by atoms with Crippen LogP contribution in [0.4, 0.5) is 10.5 Å². The number of imide groups is 1. The molecule has 0 spiro atoms. The van der Waals surface area contributed by atoms with Crippen LogP contribution in [-0.2, 0) is 20.7 Å². The monoisotopic (exact) mass is 487 g/mol. The normalized spacial score (nSPS) is 25.6. The van der Waals surface area contributed by atoms with Gasteiger partial charge in [0.1, 0.15) is 11.0 Å². The first kappa shape index (κ1) is 23.6. The van der Waals surface area contributed by atoms with E-state index in [0.717, 1.165) is 81.3 Å². The lowest BCUT2D eigenvalue weighted by Gasteiger charge is -2.40. The number of carbonyl (C=O) groups excluding carboxylic acids is 3. The van der Waals surface area contributed by atoms with Crippen LogP contribution < -0.4 is 15.4 Å². The van der Waals surface area contributed by atoms with Crippen LogP contribution in [0.2, 0.25) is 0 Å². The van der Waals surface area contributed by atoms with Gasteiger partial charge in [0.05, 0.1) is 12.8 Å². The third-order valence-electron chi connectivity index (χ3n) is 7.82. The van der Waals surface area contributed by atoms with E-state index in [1.54, 1.807) is 7.11 Å². The molecule has 0 aliphatic carbocycles. The highest BCUT2D eigenvalue weighted by Gasteiger charge is 2.41. The molecule has 0 radical (unpaired) electrons. The molecule has 3 saturated heterocycles. The molecule has 34 heavy (non-hydrogen) atoms. The van der Waals surface area contributed by atoms with Crippen molar-refractivity contribution in [3.8, 4) is 5.75 Å². The molecule has 0 aromatic heterocycles. The Bertz CT molecular complexity index is 956. The summed E-state index contributed by atoms with van der Waals surface area (Å²) < 4.78 is 11.0. The van der Waals surface area contributed by atoms with E-state index >= 15 is 0 Å². The van der Waals surface area contributed by atoms with Gasteiger partial charge in [-0.15, -0.1) is 0 Å². The van der Waals surface area contributed by atoms with Crippen molar-refractivity contribution in [2.75, 3.05) is 38.7 Å². The Morgan fingerprint density at radius 3 is 2.53 bits per heavy atom. The minimum Gasteiger partial charge on any atom is -0.495 e. The maximum Gasteiger partial charge on any atom is 0.286 e. The number of hydrogen-bond donors (Lipinski definition) is 2. The van der Waals surface area contributed by atoms with Gasteiger partial charge in [-0.2, -0.15) is 0 Å². The maximum atomic E-state index is 12.8. The highest BCUT2D eigenvalue weighted by Crippen LogP contribution is 2.45. The maximum absolute atomic E-state index is 12.8. The molecule has 8 nitrogen and oxygen atoms in total. The Morgan fingerprint density at radius 2 is 1.85 bits per heavy atom. The number of benzene rings is 1. The van der Waals surface area contributed by atoms with Crippen molar-refractivity contribution in [3.05, 3.63) is 23.3 Å². The average molecular weight is 488 g/mol. The van der Waals surface area contributed by atoms with E-state index in [9.17, 15) is 14.4 Å². The van der Waals surface area contributed by atoms with Crippen molar-refractivity contribution in [3.63, 3.8) is 0 Å². The van der Waals surface area contributed by atoms with Crippen LogP contribution in [0, 0.1) is 5.92 Å². The molecule has 0 bridgehead atoms. The number of likely N-dealkylation sites (tertiary alicyclic amines) is 1. The number of fused-ring (bicyclic) bond motifs is 1. The fourth-order valence-electron chi connectivity index (χ4n) is 6.02. The van der Waals surface area contributed by atoms with Crippen LogP contribution in [0.3, 0.4) is 0 Å². The van der Waals surface area contributed by atoms with Gasteiger partial charge < -0.3 is 19.7 Å². The standard InChI is InChI=1S/C25H33N3O5S/c1-32-20-4-2-17(18-3-5-21(29)26-22(18)20)19(23-24(30)27-25(31)34-23)14-15-6-10-28(11-7-15)16-8-12-33-13-9-16/h2,4,15-16,19,23H,3,5-14H2,1H3,(H,26,29)(H,27,30,31). The van der Waals surface area contributed by atoms with Gasteiger partial charge in [0.2, 0.25) is 11.8 Å². The first-order valence-corrected chi connectivity index (χ1v) is 13.2. The number of nitrogens with one attached hydrogen (secondary N) is 2. The Kier molecular flexibility index (Phi) is 7.13. The summed E-state index contributed by atoms with van der Waals surface area (Å²) in [4.78, 5) is 39.6. The lowest BCUT2D eigenvalue weighted by atomic mass is 9.78. The summed E-state index contributed by atoms with van der Waals surface area (Å²) in [6.07, 6.45) is 6.28. The van der Waals surface area contributed by atoms with E-state index in [2.05, 4.69) is 15.5 Å². The second-order valence-corrected chi connectivity index (χ2v) is 10.9. The summed E-state index contributed by atoms with van der Waals surface area (Å²) in [6.45, 7) is 3.85. The highest BCUT2D eigenvalue weighted by molar-refractivity contribution is 8.15. The molecule has 4 heterocycles. The second-order valence-electron chi connectivity index (χ2n) is 9.74. The molecular weight excluding hydrogens is 454 g/mol. The molecule has 5 rings (SSSR count). The minimum atomic E-state index is -0.448. The summed E-state index contributed by atoms with van der Waals surface area (Å²) in [6, 6.07) is 4.53. The zero-order valence-corrected chi connectivity index (χ0v) is 20.5. The Morgan fingerprint density at radius 1 is 1.09 bits per heavy atom. The van der Waals surface area contributed by atoms with E-state index in [1.807, 2.05) is 12.1 Å². The first-order chi connectivity index (χ1) is 16.5. The van der Waals surface area contributed by atoms with E-state index in [4.69, 9.17) is 9.47 Å². The van der Waals surface area contributed by atoms with E-state index in [0.29, 0.717) is 36.2 Å². The average Bonchev–Trinajstić information content (AvgIpc) is 3.20. The van der Waals surface area contributed by atoms with Crippen LogP contribution in [-0.4, -0.2) is 66.7 Å². The van der Waals surface area contributed by atoms with Gasteiger partial charge in [-0.3, -0.25) is 19.7 Å². The minimum absolute atomic E-state index is 0.0249. The Hall–Kier alpha value is -2.10. The predicted molar refractivity (Wildman–Crippen MR) is 130 cm³/mol. The molecule has 3 amide bonds. The molecule has 3 fully saturated rings. The summed E-state index contributed by atoms with van der Waals surface area (Å²) in [5, 5.41) is 4.74. The fraction of sp³-hybridized carbons (Fsp3) is 0.640. The van der Waals surface area contributed by atoms with E-state index < -0.39 is 5.25 Å². The molecule has 2 N–H and O–H groups in total. The number of methoxy groups -OCH3 is 1. The number of carbonyl (C=O) groups is 3. The quantitative estimate of drug-likeness (QED) is 0.636. The largest absolute Gasteiger partial charge is 0.495 e. The summed E-state index contributed by atoms with van der Waals surface area (Å²) in [7, 11) is 1.60. The smallest absolute Gasteiger partial charge is 0.286 e. The number of thioether (sulfide) groups is 1. The van der Waals surface area contributed by atoms with Crippen molar-refractivity contribution < 1.29 is 23.9 Å². The zero-order valence-electron chi connectivity index (χ0n) is 19.6. The van der Waals surface area contributed by atoms with E-state index in [-0.39, 0.29) is 23.0 Å². The zero-order chi connectivity index (χ0) is 23.7. The number of anilines is 1. The summed E-state index contributed by atoms with van der Waals surface area (Å²) in [5.41, 5.74) is 2.81. The number of amides is 3. The molecule has 4 aliphatic heterocycles. The van der Waals surface area contributed by atoms with Crippen molar-refractivity contribution in [2.45, 2.75) is 62.2 Å². The van der Waals surface area contributed by atoms with Crippen molar-refractivity contribution in [1.82, 2.24) is 10.2 Å². The van der Waals surface area contributed by atoms with Crippen molar-refractivity contribution in [2.24, 2.45) is 5.92 Å². The number of ether oxygens (including phenoxy) is 2. The molecule has 4 aliphatic rings. The van der Waals surface area contributed by atoms with Crippen LogP contribution in [0.15, 0.2) is 12.1 Å². The van der Waals surface area contributed by atoms with Crippen molar-refractivity contribution >= 4 is 34.5 Å². The van der Waals surface area contributed by atoms with Gasteiger partial charge >= 0.3 is 0 Å². The number of hydrogen-bond acceptors (Lipinski definition) is 7. The van der Waals surface area contributed by atoms with Gasteiger partial charge in [-0.25, -0.2) is 0 Å². The summed E-state index contributed by atoms with van der Waals surface area (Å²) >= 11 is 1.11. The predicted octanol–water partition coefficient (Wildman–Crippen LogP) is 3.30. The van der Waals surface area contributed by atoms with Crippen LogP contribution in [0.5, 0.6) is 5.75 Å². The van der Waals surface area contributed by atoms with Gasteiger partial charge in [-0.05, 0) is 74.7 Å². The van der Waals surface area contributed by atoms with Gasteiger partial charge in [0.15, 0.2) is 0 Å². The van der Waals surface area contributed by atoms with Gasteiger partial charge in [0.25, 0.3) is 5.24 Å². The Labute approximate surface area is 204 Å². The Balaban J connectivity index is 1.38. The first-order valence-electron chi connectivity index (χ1n) is 12.4. The molecule has 2 atom stereocenters. The van der Waals surface area contributed by atoms with Crippen molar-refractivity contribution in [1.29, 1.82) is 0 Å². The fourth-order valence-corrected chi connectivity index (χ4v) is 7.00. The number of piperidine rings is 1. The molecule has 9 heteroatoms. The number of nitrogens with zero attached hydrogens (tertiary/aromatic N) is 1. The molecule has 184 valence electrons. The SMILES string of the molecule is COc1ccc(C(CC2CCN(C3CCOCC3)CC2)C2SC(=O)NC2=O)c2c1NC(=O)CC2. The second kappa shape index (κ2) is 10.3. The third-order valence-corrected chi connectivity index (χ3v) is 8.94. The topological polar surface area (TPSA) is 97.0 Å². The summed E-state index contributed by atoms with van der Waals surface area (Å²) in [5.74, 6) is 0.800. The van der Waals surface area contributed by atoms with Gasteiger partial charge in [-0.1, -0.05) is 17.8 Å². The van der Waals surface area contributed by atoms with Crippen LogP contribution in [0.1, 0.15) is 55.6 Å². The molecule has 0 saturated carbocycles. The third kappa shape index (κ3) is 4.83. The highest BCUT2D eigenvalue weighted by atomic mass is 32.2. The van der Waals surface area contributed by atoms with Crippen LogP contribution in [0.25, 0.3) is 0 Å². The molecular formula is C25H33N3O5S. The van der Waals surface area contributed by atoms with Gasteiger partial charge in [0, 0.05) is 31.6 Å².